The van der Waals surface area contributed by atoms with E-state index in [1.807, 2.05) is 30.3 Å². The highest BCUT2D eigenvalue weighted by Gasteiger charge is 2.18. The van der Waals surface area contributed by atoms with Crippen LogP contribution in [-0.2, 0) is 0 Å². The molecule has 84 valence electrons. The Bertz CT molecular complexity index is 420. The van der Waals surface area contributed by atoms with Crippen molar-refractivity contribution in [2.24, 2.45) is 4.99 Å². The van der Waals surface area contributed by atoms with E-state index in [1.54, 1.807) is 6.08 Å². The van der Waals surface area contributed by atoms with Crippen LogP contribution in [0.4, 0.5) is 0 Å². The first-order valence-corrected chi connectivity index (χ1v) is 5.83. The number of aliphatic hydroxyl groups excluding tert-OH is 1. The van der Waals surface area contributed by atoms with Crippen molar-refractivity contribution in [2.45, 2.75) is 25.9 Å². The van der Waals surface area contributed by atoms with Gasteiger partial charge in [-0.15, -0.1) is 0 Å². The maximum absolute atomic E-state index is 9.90. The molecule has 1 N–H and O–H groups in total. The molecule has 0 saturated carbocycles. The summed E-state index contributed by atoms with van der Waals surface area (Å²) in [6.07, 6.45) is 5.41. The van der Waals surface area contributed by atoms with E-state index in [-0.39, 0.29) is 0 Å². The molecule has 0 spiro atoms. The molecule has 2 heteroatoms. The van der Waals surface area contributed by atoms with Crippen molar-refractivity contribution < 1.29 is 5.11 Å². The average Bonchev–Trinajstić information content (AvgIpc) is 2.32. The molecule has 1 aliphatic carbocycles. The zero-order valence-corrected chi connectivity index (χ0v) is 9.56. The second-order valence-electron chi connectivity index (χ2n) is 4.01. The highest BCUT2D eigenvalue weighted by Crippen LogP contribution is 2.19. The van der Waals surface area contributed by atoms with Gasteiger partial charge in [0.2, 0.25) is 0 Å². The Morgan fingerprint density at radius 1 is 1.31 bits per heavy atom. The van der Waals surface area contributed by atoms with E-state index in [0.29, 0.717) is 0 Å². The van der Waals surface area contributed by atoms with E-state index in [1.165, 1.54) is 0 Å². The number of hydrogen-bond acceptors (Lipinski definition) is 2. The Kier molecular flexibility index (Phi) is 3.52. The molecule has 0 amide bonds. The lowest BCUT2D eigenvalue weighted by Crippen LogP contribution is -2.23. The predicted molar refractivity (Wildman–Crippen MR) is 67.8 cm³/mol. The third-order valence-corrected chi connectivity index (χ3v) is 2.77. The molecule has 1 aromatic rings. The molecule has 0 fully saturated rings. The summed E-state index contributed by atoms with van der Waals surface area (Å²) in [5.41, 5.74) is 3.02. The zero-order valence-electron chi connectivity index (χ0n) is 9.56. The molecule has 1 aliphatic rings. The normalized spacial score (nSPS) is 21.1. The minimum Gasteiger partial charge on any atom is -0.383 e. The SMILES string of the molecule is CCCCN=C1c2ccccc2C=CC1O. The lowest BCUT2D eigenvalue weighted by atomic mass is 9.93. The Morgan fingerprint density at radius 3 is 2.94 bits per heavy atom. The van der Waals surface area contributed by atoms with Crippen LogP contribution in [0.25, 0.3) is 6.08 Å². The molecule has 0 radical (unpaired) electrons. The molecule has 2 nitrogen and oxygen atoms in total. The second-order valence-corrected chi connectivity index (χ2v) is 4.01. The van der Waals surface area contributed by atoms with Crippen LogP contribution < -0.4 is 0 Å². The lowest BCUT2D eigenvalue weighted by Gasteiger charge is -2.17. The van der Waals surface area contributed by atoms with Crippen LogP contribution in [0.3, 0.4) is 0 Å². The van der Waals surface area contributed by atoms with Gasteiger partial charge in [-0.1, -0.05) is 43.7 Å². The van der Waals surface area contributed by atoms with Gasteiger partial charge in [0.15, 0.2) is 0 Å². The van der Waals surface area contributed by atoms with E-state index in [0.717, 1.165) is 36.2 Å². The average molecular weight is 215 g/mol. The molecular weight excluding hydrogens is 198 g/mol. The van der Waals surface area contributed by atoms with Gasteiger partial charge in [-0.05, 0) is 18.1 Å². The number of aliphatic hydroxyl groups is 1. The van der Waals surface area contributed by atoms with Crippen LogP contribution in [0.5, 0.6) is 0 Å². The van der Waals surface area contributed by atoms with Gasteiger partial charge in [-0.2, -0.15) is 0 Å². The fraction of sp³-hybridized carbons (Fsp3) is 0.357. The van der Waals surface area contributed by atoms with Gasteiger partial charge in [0, 0.05) is 12.1 Å². The summed E-state index contributed by atoms with van der Waals surface area (Å²) in [6.45, 7) is 2.94. The van der Waals surface area contributed by atoms with E-state index in [2.05, 4.69) is 11.9 Å². The third-order valence-electron chi connectivity index (χ3n) is 2.77. The van der Waals surface area contributed by atoms with Gasteiger partial charge in [0.05, 0.1) is 5.71 Å². The molecule has 1 atom stereocenters. The van der Waals surface area contributed by atoms with Crippen molar-refractivity contribution in [2.75, 3.05) is 6.54 Å². The molecule has 0 heterocycles. The highest BCUT2D eigenvalue weighted by molar-refractivity contribution is 6.09. The number of rotatable bonds is 3. The minimum atomic E-state index is -0.549. The topological polar surface area (TPSA) is 32.6 Å². The highest BCUT2D eigenvalue weighted by atomic mass is 16.3. The first kappa shape index (κ1) is 11.1. The number of fused-ring (bicyclic) bond motifs is 1. The number of aliphatic imine (C=N–C) groups is 1. The molecule has 16 heavy (non-hydrogen) atoms. The minimum absolute atomic E-state index is 0.549. The van der Waals surface area contributed by atoms with E-state index >= 15 is 0 Å². The van der Waals surface area contributed by atoms with Crippen LogP contribution in [0.15, 0.2) is 35.3 Å². The maximum Gasteiger partial charge on any atom is 0.115 e. The molecule has 0 aromatic heterocycles. The van der Waals surface area contributed by atoms with Crippen molar-refractivity contribution in [3.63, 3.8) is 0 Å². The summed E-state index contributed by atoms with van der Waals surface area (Å²) >= 11 is 0. The van der Waals surface area contributed by atoms with Gasteiger partial charge < -0.3 is 5.11 Å². The number of hydrogen-bond donors (Lipinski definition) is 1. The largest absolute Gasteiger partial charge is 0.383 e. The van der Waals surface area contributed by atoms with Gasteiger partial charge >= 0.3 is 0 Å². The Balaban J connectivity index is 2.30. The molecule has 1 unspecified atom stereocenters. The van der Waals surface area contributed by atoms with Crippen LogP contribution in [0.1, 0.15) is 30.9 Å². The first-order chi connectivity index (χ1) is 7.83. The smallest absolute Gasteiger partial charge is 0.115 e. The molecule has 2 rings (SSSR count). The second kappa shape index (κ2) is 5.08. The Hall–Kier alpha value is -1.41. The summed E-state index contributed by atoms with van der Waals surface area (Å²) in [4.78, 5) is 4.51. The fourth-order valence-corrected chi connectivity index (χ4v) is 1.86. The third kappa shape index (κ3) is 2.22. The molecule has 0 bridgehead atoms. The van der Waals surface area contributed by atoms with Crippen molar-refractivity contribution in [3.05, 3.63) is 41.5 Å². The van der Waals surface area contributed by atoms with Crippen LogP contribution in [-0.4, -0.2) is 23.5 Å². The van der Waals surface area contributed by atoms with E-state index < -0.39 is 6.10 Å². The predicted octanol–water partition coefficient (Wildman–Crippen LogP) is 2.66. The van der Waals surface area contributed by atoms with Crippen molar-refractivity contribution >= 4 is 11.8 Å². The number of nitrogens with zero attached hydrogens (tertiary/aromatic N) is 1. The standard InChI is InChI=1S/C14H17NO/c1-2-3-10-15-14-12-7-5-4-6-11(12)8-9-13(14)16/h4-9,13,16H,2-3,10H2,1H3. The molecule has 0 aliphatic heterocycles. The van der Waals surface area contributed by atoms with Gasteiger partial charge in [0.1, 0.15) is 6.10 Å². The first-order valence-electron chi connectivity index (χ1n) is 5.83. The summed E-state index contributed by atoms with van der Waals surface area (Å²) in [5, 5.41) is 9.90. The monoisotopic (exact) mass is 215 g/mol. The van der Waals surface area contributed by atoms with Crippen molar-refractivity contribution in [1.29, 1.82) is 0 Å². The fourth-order valence-electron chi connectivity index (χ4n) is 1.86. The molecule has 1 aromatic carbocycles. The van der Waals surface area contributed by atoms with Gasteiger partial charge in [0.25, 0.3) is 0 Å². The summed E-state index contributed by atoms with van der Waals surface area (Å²) in [7, 11) is 0. The van der Waals surface area contributed by atoms with Crippen molar-refractivity contribution in [3.8, 4) is 0 Å². The number of unbranched alkanes of at least 4 members (excludes halogenated alkanes) is 1. The van der Waals surface area contributed by atoms with Gasteiger partial charge in [-0.3, -0.25) is 4.99 Å². The van der Waals surface area contributed by atoms with Crippen LogP contribution in [0, 0.1) is 0 Å². The summed E-state index contributed by atoms with van der Waals surface area (Å²) in [5.74, 6) is 0. The summed E-state index contributed by atoms with van der Waals surface area (Å²) in [6, 6.07) is 8.06. The Labute approximate surface area is 96.3 Å². The zero-order chi connectivity index (χ0) is 11.4. The van der Waals surface area contributed by atoms with Crippen LogP contribution >= 0.6 is 0 Å². The van der Waals surface area contributed by atoms with E-state index in [4.69, 9.17) is 0 Å². The molecular formula is C14H17NO. The Morgan fingerprint density at radius 2 is 2.12 bits per heavy atom. The van der Waals surface area contributed by atoms with Crippen LogP contribution in [0.2, 0.25) is 0 Å². The van der Waals surface area contributed by atoms with Crippen molar-refractivity contribution in [1.82, 2.24) is 0 Å². The lowest BCUT2D eigenvalue weighted by molar-refractivity contribution is 0.289. The summed E-state index contributed by atoms with van der Waals surface area (Å²) < 4.78 is 0. The quantitative estimate of drug-likeness (QED) is 0.772. The maximum atomic E-state index is 9.90. The molecule has 0 saturated heterocycles. The number of benzene rings is 1. The van der Waals surface area contributed by atoms with Gasteiger partial charge in [-0.25, -0.2) is 0 Å². The van der Waals surface area contributed by atoms with E-state index in [9.17, 15) is 5.11 Å².